The predicted octanol–water partition coefficient (Wildman–Crippen LogP) is 10.8. The van der Waals surface area contributed by atoms with E-state index < -0.39 is 49.5 Å². The van der Waals surface area contributed by atoms with Crippen molar-refractivity contribution in [2.45, 2.75) is 243 Å². The lowest BCUT2D eigenvalue weighted by Gasteiger charge is -2.40. The number of rotatable bonds is 40. The largest absolute Gasteiger partial charge is 0.394 e. The van der Waals surface area contributed by atoms with E-state index in [1.54, 1.807) is 6.08 Å². The lowest BCUT2D eigenvalue weighted by atomic mass is 9.99. The van der Waals surface area contributed by atoms with Crippen LogP contribution >= 0.6 is 0 Å². The molecule has 1 fully saturated rings. The van der Waals surface area contributed by atoms with Crippen molar-refractivity contribution in [3.05, 3.63) is 60.8 Å². The number of carbonyl (C=O) groups excluding carboxylic acids is 1. The van der Waals surface area contributed by atoms with Gasteiger partial charge in [-0.1, -0.05) is 184 Å². The van der Waals surface area contributed by atoms with Crippen molar-refractivity contribution in [3.8, 4) is 0 Å². The molecule has 0 radical (unpaired) electrons. The van der Waals surface area contributed by atoms with Crippen molar-refractivity contribution in [3.63, 3.8) is 0 Å². The number of amides is 1. The molecule has 0 aromatic rings. The molecule has 7 atom stereocenters. The van der Waals surface area contributed by atoms with Gasteiger partial charge in [-0.25, -0.2) is 0 Å². The molecule has 0 saturated carbocycles. The molecular weight excluding hydrogens is 755 g/mol. The minimum Gasteiger partial charge on any atom is -0.394 e. The third-order valence-corrected chi connectivity index (χ3v) is 11.3. The summed E-state index contributed by atoms with van der Waals surface area (Å²) in [4.78, 5) is 13.0. The molecule has 1 heterocycles. The van der Waals surface area contributed by atoms with Crippen molar-refractivity contribution in [2.75, 3.05) is 13.2 Å². The molecule has 9 heteroatoms. The molecule has 6 N–H and O–H groups in total. The van der Waals surface area contributed by atoms with Crippen LogP contribution in [0.15, 0.2) is 60.8 Å². The minimum absolute atomic E-state index is 0.195. The second-order valence-electron chi connectivity index (χ2n) is 16.9. The van der Waals surface area contributed by atoms with Gasteiger partial charge in [-0.2, -0.15) is 0 Å². The van der Waals surface area contributed by atoms with Gasteiger partial charge in [-0.15, -0.1) is 0 Å². The summed E-state index contributed by atoms with van der Waals surface area (Å²) in [6.45, 7) is 3.68. The molecule has 348 valence electrons. The van der Waals surface area contributed by atoms with Gasteiger partial charge in [0.1, 0.15) is 24.4 Å². The van der Waals surface area contributed by atoms with Gasteiger partial charge in [0.25, 0.3) is 0 Å². The van der Waals surface area contributed by atoms with Crippen LogP contribution in [0.2, 0.25) is 0 Å². The highest BCUT2D eigenvalue weighted by Gasteiger charge is 2.44. The highest BCUT2D eigenvalue weighted by Crippen LogP contribution is 2.22. The second-order valence-corrected chi connectivity index (χ2v) is 16.9. The number of unbranched alkanes of at least 4 members (excludes halogenated alkanes) is 22. The number of nitrogens with one attached hydrogen (secondary N) is 1. The van der Waals surface area contributed by atoms with Crippen LogP contribution in [-0.2, 0) is 14.3 Å². The number of hydrogen-bond acceptors (Lipinski definition) is 8. The molecule has 1 saturated heterocycles. The van der Waals surface area contributed by atoms with Gasteiger partial charge in [-0.3, -0.25) is 4.79 Å². The van der Waals surface area contributed by atoms with Crippen LogP contribution in [0.1, 0.15) is 200 Å². The Hall–Kier alpha value is -2.11. The number of ether oxygens (including phenoxy) is 2. The monoisotopic (exact) mass is 846 g/mol. The first-order chi connectivity index (χ1) is 29.3. The normalized spacial score (nSPS) is 21.1. The molecule has 1 amide bonds. The van der Waals surface area contributed by atoms with Crippen molar-refractivity contribution >= 4 is 5.91 Å². The fraction of sp³-hybridized carbons (Fsp3) is 0.784. The molecule has 1 rings (SSSR count). The van der Waals surface area contributed by atoms with E-state index in [0.717, 1.165) is 57.8 Å². The van der Waals surface area contributed by atoms with E-state index in [4.69, 9.17) is 9.47 Å². The van der Waals surface area contributed by atoms with E-state index in [0.29, 0.717) is 6.42 Å². The maximum atomic E-state index is 13.0. The Balaban J connectivity index is 2.26. The minimum atomic E-state index is -1.57. The van der Waals surface area contributed by atoms with E-state index in [9.17, 15) is 30.3 Å². The molecule has 0 bridgehead atoms. The summed E-state index contributed by atoms with van der Waals surface area (Å²) in [6, 6.07) is -0.828. The number of aliphatic hydroxyl groups is 5. The zero-order chi connectivity index (χ0) is 43.7. The lowest BCUT2D eigenvalue weighted by Crippen LogP contribution is -2.60. The van der Waals surface area contributed by atoms with Crippen molar-refractivity contribution in [1.29, 1.82) is 0 Å². The number of carbonyl (C=O) groups is 1. The van der Waals surface area contributed by atoms with Crippen molar-refractivity contribution in [1.82, 2.24) is 5.32 Å². The Bertz CT molecular complexity index is 1120. The summed E-state index contributed by atoms with van der Waals surface area (Å²) in [5, 5.41) is 54.1. The first kappa shape index (κ1) is 55.9. The van der Waals surface area contributed by atoms with Crippen LogP contribution in [0.5, 0.6) is 0 Å². The standard InChI is InChI=1S/C51H91NO8/c1-3-5-7-9-11-13-15-17-18-19-20-21-22-23-24-25-26-27-28-29-31-33-35-37-39-41-47(55)52-44(43-59-51-50(58)49(57)48(56)46(42-53)60-51)45(54)40-38-36-34-32-30-16-14-12-10-8-6-4-2/h10,12,15,17,19-20,30,32,38,40,44-46,48-51,53-54,56-58H,3-9,11,13-14,16,18,21-29,31,33-37,39,41-43H2,1-2H3,(H,52,55)/b12-10+,17-15-,20-19-,32-30+,40-38+. The Morgan fingerprint density at radius 3 is 1.55 bits per heavy atom. The van der Waals surface area contributed by atoms with Gasteiger partial charge in [-0.05, 0) is 70.6 Å². The molecule has 1 aliphatic rings. The smallest absolute Gasteiger partial charge is 0.220 e. The number of aliphatic hydroxyl groups excluding tert-OH is 5. The first-order valence-electron chi connectivity index (χ1n) is 24.5. The van der Waals surface area contributed by atoms with Crippen molar-refractivity contribution < 1.29 is 39.8 Å². The van der Waals surface area contributed by atoms with Gasteiger partial charge in [0, 0.05) is 6.42 Å². The maximum absolute atomic E-state index is 13.0. The number of hydrogen-bond donors (Lipinski definition) is 6. The average Bonchev–Trinajstić information content (AvgIpc) is 3.25. The van der Waals surface area contributed by atoms with E-state index in [-0.39, 0.29) is 12.5 Å². The topological polar surface area (TPSA) is 149 Å². The molecule has 0 spiro atoms. The van der Waals surface area contributed by atoms with Crippen LogP contribution < -0.4 is 5.32 Å². The Morgan fingerprint density at radius 1 is 0.567 bits per heavy atom. The molecule has 0 aromatic carbocycles. The highest BCUT2D eigenvalue weighted by atomic mass is 16.7. The van der Waals surface area contributed by atoms with Gasteiger partial charge >= 0.3 is 0 Å². The predicted molar refractivity (Wildman–Crippen MR) is 249 cm³/mol. The van der Waals surface area contributed by atoms with Crippen LogP contribution in [0.3, 0.4) is 0 Å². The fourth-order valence-electron chi connectivity index (χ4n) is 7.32. The van der Waals surface area contributed by atoms with E-state index in [1.807, 2.05) is 6.08 Å². The summed E-state index contributed by atoms with van der Waals surface area (Å²) in [6.07, 6.45) is 47.1. The molecule has 60 heavy (non-hydrogen) atoms. The van der Waals surface area contributed by atoms with E-state index in [1.165, 1.54) is 122 Å². The van der Waals surface area contributed by atoms with Crippen molar-refractivity contribution in [2.24, 2.45) is 0 Å². The molecule has 7 unspecified atom stereocenters. The van der Waals surface area contributed by atoms with Crippen LogP contribution in [0.25, 0.3) is 0 Å². The number of allylic oxidation sites excluding steroid dienone is 9. The SMILES string of the molecule is CCCC/C=C/CC/C=C/CC/C=C/C(O)C(COC1OC(CO)C(O)C(O)C1O)NC(=O)CCCCCCCCCCCCCCC/C=C\C/C=C\CCCCCCC. The second kappa shape index (κ2) is 40.9. The molecule has 9 nitrogen and oxygen atoms in total. The van der Waals surface area contributed by atoms with E-state index >= 15 is 0 Å². The van der Waals surface area contributed by atoms with E-state index in [2.05, 4.69) is 67.8 Å². The Labute approximate surface area is 366 Å². The quantitative estimate of drug-likeness (QED) is 0.0264. The summed E-state index contributed by atoms with van der Waals surface area (Å²) in [5.41, 5.74) is 0. The molecular formula is C51H91NO8. The first-order valence-corrected chi connectivity index (χ1v) is 24.5. The van der Waals surface area contributed by atoms with Gasteiger partial charge in [0.05, 0.1) is 25.4 Å². The molecule has 0 aromatic heterocycles. The summed E-state index contributed by atoms with van der Waals surface area (Å²) in [5.74, 6) is -0.195. The summed E-state index contributed by atoms with van der Waals surface area (Å²) >= 11 is 0. The Kier molecular flexibility index (Phi) is 38.1. The fourth-order valence-corrected chi connectivity index (χ4v) is 7.32. The Morgan fingerprint density at radius 2 is 1.02 bits per heavy atom. The van der Waals surface area contributed by atoms with Crippen LogP contribution in [-0.4, -0.2) is 87.5 Å². The zero-order valence-electron chi connectivity index (χ0n) is 38.2. The van der Waals surface area contributed by atoms with Crippen LogP contribution in [0.4, 0.5) is 0 Å². The van der Waals surface area contributed by atoms with Gasteiger partial charge < -0.3 is 40.3 Å². The molecule has 0 aliphatic carbocycles. The summed E-state index contributed by atoms with van der Waals surface area (Å²) in [7, 11) is 0. The third kappa shape index (κ3) is 30.8. The summed E-state index contributed by atoms with van der Waals surface area (Å²) < 4.78 is 11.2. The lowest BCUT2D eigenvalue weighted by molar-refractivity contribution is -0.302. The average molecular weight is 846 g/mol. The molecule has 1 aliphatic heterocycles. The van der Waals surface area contributed by atoms with Crippen LogP contribution in [0, 0.1) is 0 Å². The zero-order valence-corrected chi connectivity index (χ0v) is 38.2. The highest BCUT2D eigenvalue weighted by molar-refractivity contribution is 5.76. The van der Waals surface area contributed by atoms with Gasteiger partial charge in [0.15, 0.2) is 6.29 Å². The third-order valence-electron chi connectivity index (χ3n) is 11.3. The maximum Gasteiger partial charge on any atom is 0.220 e. The van der Waals surface area contributed by atoms with Gasteiger partial charge in [0.2, 0.25) is 5.91 Å².